The average Bonchev–Trinajstić information content (AvgIpc) is 2.97. The standard InChI is InChI=1S/C12H16O5/c1-6-8(13)4-7-9-5-14-11(17-9)12(10(6)7)15-2-3-16-12/h6-7,9-11H,2-5H2,1H3/t6-,7+,9+,10+,11+/m0/s1. The van der Waals surface area contributed by atoms with Crippen molar-refractivity contribution in [3.63, 3.8) is 0 Å². The van der Waals surface area contributed by atoms with Crippen molar-refractivity contribution in [2.24, 2.45) is 17.8 Å². The van der Waals surface area contributed by atoms with Gasteiger partial charge in [-0.3, -0.25) is 4.79 Å². The van der Waals surface area contributed by atoms with E-state index in [9.17, 15) is 4.79 Å². The lowest BCUT2D eigenvalue weighted by molar-refractivity contribution is -0.340. The van der Waals surface area contributed by atoms with E-state index in [-0.39, 0.29) is 23.9 Å². The van der Waals surface area contributed by atoms with E-state index in [0.717, 1.165) is 0 Å². The van der Waals surface area contributed by atoms with Gasteiger partial charge >= 0.3 is 0 Å². The molecule has 5 atom stereocenters. The molecule has 3 heterocycles. The van der Waals surface area contributed by atoms with Crippen molar-refractivity contribution in [3.8, 4) is 0 Å². The van der Waals surface area contributed by atoms with Gasteiger partial charge in [-0.25, -0.2) is 0 Å². The van der Waals surface area contributed by atoms with E-state index in [2.05, 4.69) is 0 Å². The maximum Gasteiger partial charge on any atom is 0.224 e. The number of ether oxygens (including phenoxy) is 4. The van der Waals surface area contributed by atoms with Crippen LogP contribution in [0.4, 0.5) is 0 Å². The van der Waals surface area contributed by atoms with Crippen molar-refractivity contribution in [2.75, 3.05) is 19.8 Å². The molecule has 94 valence electrons. The second-order valence-electron chi connectivity index (χ2n) is 5.41. The summed E-state index contributed by atoms with van der Waals surface area (Å²) in [6, 6.07) is 0. The summed E-state index contributed by atoms with van der Waals surface area (Å²) < 4.78 is 23.1. The van der Waals surface area contributed by atoms with Crippen LogP contribution < -0.4 is 0 Å². The Balaban J connectivity index is 1.79. The fourth-order valence-electron chi connectivity index (χ4n) is 3.91. The first-order valence-corrected chi connectivity index (χ1v) is 6.30. The molecule has 0 aromatic heterocycles. The summed E-state index contributed by atoms with van der Waals surface area (Å²) in [4.78, 5) is 11.9. The molecule has 0 aromatic carbocycles. The van der Waals surface area contributed by atoms with E-state index in [4.69, 9.17) is 18.9 Å². The molecule has 1 aliphatic carbocycles. The van der Waals surface area contributed by atoms with Crippen molar-refractivity contribution in [2.45, 2.75) is 31.5 Å². The van der Waals surface area contributed by atoms with E-state index in [1.54, 1.807) is 0 Å². The van der Waals surface area contributed by atoms with E-state index < -0.39 is 12.1 Å². The highest BCUT2D eigenvalue weighted by molar-refractivity contribution is 5.84. The zero-order valence-electron chi connectivity index (χ0n) is 9.76. The van der Waals surface area contributed by atoms with Gasteiger partial charge in [-0.2, -0.15) is 0 Å². The summed E-state index contributed by atoms with van der Waals surface area (Å²) in [5, 5.41) is 0. The molecule has 3 aliphatic heterocycles. The number of carbonyl (C=O) groups excluding carboxylic acids is 1. The zero-order chi connectivity index (χ0) is 11.6. The number of fused-ring (bicyclic) bond motifs is 6. The van der Waals surface area contributed by atoms with Crippen LogP contribution in [0.25, 0.3) is 0 Å². The lowest BCUT2D eigenvalue weighted by atomic mass is 9.78. The highest BCUT2D eigenvalue weighted by atomic mass is 16.8. The molecule has 2 bridgehead atoms. The van der Waals surface area contributed by atoms with Crippen LogP contribution >= 0.6 is 0 Å². The third-order valence-electron chi connectivity index (χ3n) is 4.66. The number of hydrogen-bond donors (Lipinski definition) is 0. The number of carbonyl (C=O) groups is 1. The smallest absolute Gasteiger partial charge is 0.224 e. The highest BCUT2D eigenvalue weighted by Crippen LogP contribution is 2.55. The summed E-state index contributed by atoms with van der Waals surface area (Å²) in [5.41, 5.74) is 0. The molecular formula is C12H16O5. The Bertz CT molecular complexity index is 362. The van der Waals surface area contributed by atoms with E-state index in [0.29, 0.717) is 32.0 Å². The minimum absolute atomic E-state index is 0.0197. The van der Waals surface area contributed by atoms with Crippen LogP contribution in [0.5, 0.6) is 0 Å². The molecular weight excluding hydrogens is 224 g/mol. The normalized spacial score (nSPS) is 51.1. The minimum atomic E-state index is -0.830. The third-order valence-corrected chi connectivity index (χ3v) is 4.66. The largest absolute Gasteiger partial charge is 0.345 e. The van der Waals surface area contributed by atoms with Crippen molar-refractivity contribution >= 4 is 5.78 Å². The van der Waals surface area contributed by atoms with E-state index in [1.807, 2.05) is 6.92 Å². The summed E-state index contributed by atoms with van der Waals surface area (Å²) >= 11 is 0. The van der Waals surface area contributed by atoms with Gasteiger partial charge in [-0.1, -0.05) is 6.92 Å². The van der Waals surface area contributed by atoms with Crippen molar-refractivity contribution in [3.05, 3.63) is 0 Å². The number of hydrogen-bond acceptors (Lipinski definition) is 5. The quantitative estimate of drug-likeness (QED) is 0.610. The summed E-state index contributed by atoms with van der Waals surface area (Å²) in [6.45, 7) is 3.64. The molecule has 0 radical (unpaired) electrons. The monoisotopic (exact) mass is 240 g/mol. The first-order valence-electron chi connectivity index (χ1n) is 6.30. The molecule has 5 heteroatoms. The Morgan fingerprint density at radius 2 is 2.06 bits per heavy atom. The Morgan fingerprint density at radius 1 is 1.29 bits per heavy atom. The molecule has 4 rings (SSSR count). The molecule has 0 unspecified atom stereocenters. The second kappa shape index (κ2) is 3.29. The molecule has 0 N–H and O–H groups in total. The topological polar surface area (TPSA) is 54.0 Å². The molecule has 4 aliphatic rings. The second-order valence-corrected chi connectivity index (χ2v) is 5.41. The Labute approximate surface area is 99.3 Å². The molecule has 0 aromatic rings. The molecule has 0 amide bonds. The van der Waals surface area contributed by atoms with Gasteiger partial charge < -0.3 is 18.9 Å². The van der Waals surface area contributed by atoms with Crippen molar-refractivity contribution < 1.29 is 23.7 Å². The third kappa shape index (κ3) is 1.15. The van der Waals surface area contributed by atoms with Gasteiger partial charge in [0.05, 0.1) is 25.9 Å². The van der Waals surface area contributed by atoms with Gasteiger partial charge in [-0.15, -0.1) is 0 Å². The predicted octanol–water partition coefficient (Wildman–Crippen LogP) is 0.326. The maximum absolute atomic E-state index is 11.9. The number of rotatable bonds is 0. The van der Waals surface area contributed by atoms with Crippen LogP contribution in [-0.4, -0.2) is 43.8 Å². The minimum Gasteiger partial charge on any atom is -0.345 e. The van der Waals surface area contributed by atoms with Crippen LogP contribution in [0.2, 0.25) is 0 Å². The lowest BCUT2D eigenvalue weighted by Crippen LogP contribution is -2.58. The van der Waals surface area contributed by atoms with Crippen LogP contribution in [0, 0.1) is 17.8 Å². The Hall–Kier alpha value is -0.490. The molecule has 17 heavy (non-hydrogen) atoms. The molecule has 3 saturated heterocycles. The lowest BCUT2D eigenvalue weighted by Gasteiger charge is -2.44. The molecule has 4 fully saturated rings. The van der Waals surface area contributed by atoms with Crippen LogP contribution in [-0.2, 0) is 23.7 Å². The van der Waals surface area contributed by atoms with Crippen molar-refractivity contribution in [1.82, 2.24) is 0 Å². The summed E-state index contributed by atoms with van der Waals surface area (Å²) in [6.07, 6.45) is 0.156. The first-order chi connectivity index (χ1) is 8.22. The van der Waals surface area contributed by atoms with Gasteiger partial charge in [-0.05, 0) is 0 Å². The van der Waals surface area contributed by atoms with E-state index in [1.165, 1.54) is 0 Å². The predicted molar refractivity (Wildman–Crippen MR) is 55.0 cm³/mol. The van der Waals surface area contributed by atoms with Crippen LogP contribution in [0.3, 0.4) is 0 Å². The highest BCUT2D eigenvalue weighted by Gasteiger charge is 2.67. The molecule has 5 nitrogen and oxygen atoms in total. The number of Topliss-reactive ketones (excluding diaryl/α,β-unsaturated/α-hetero) is 1. The summed E-state index contributed by atoms with van der Waals surface area (Å²) in [7, 11) is 0. The SMILES string of the molecule is C[C@H]1C(=O)C[C@H]2[C@@H]1C1(OCCO1)[C@@H]1OC[C@H]2O1. The van der Waals surface area contributed by atoms with E-state index >= 15 is 0 Å². The molecule has 1 saturated carbocycles. The first kappa shape index (κ1) is 10.4. The van der Waals surface area contributed by atoms with Gasteiger partial charge in [0.25, 0.3) is 0 Å². The molecule has 1 spiro atoms. The van der Waals surface area contributed by atoms with Gasteiger partial charge in [0, 0.05) is 24.2 Å². The van der Waals surface area contributed by atoms with Crippen LogP contribution in [0.15, 0.2) is 0 Å². The van der Waals surface area contributed by atoms with Gasteiger partial charge in [0.2, 0.25) is 12.1 Å². The number of ketones is 1. The Kier molecular flexibility index (Phi) is 2.02. The van der Waals surface area contributed by atoms with Crippen LogP contribution in [0.1, 0.15) is 13.3 Å². The Morgan fingerprint density at radius 3 is 2.82 bits per heavy atom. The fourth-order valence-corrected chi connectivity index (χ4v) is 3.91. The fraction of sp³-hybridized carbons (Fsp3) is 0.917. The van der Waals surface area contributed by atoms with Gasteiger partial charge in [0.1, 0.15) is 5.78 Å². The summed E-state index contributed by atoms with van der Waals surface area (Å²) in [5.74, 6) is -0.273. The maximum atomic E-state index is 11.9. The zero-order valence-corrected chi connectivity index (χ0v) is 9.76. The van der Waals surface area contributed by atoms with Gasteiger partial charge in [0.15, 0.2) is 0 Å². The average molecular weight is 240 g/mol. The van der Waals surface area contributed by atoms with Crippen molar-refractivity contribution in [1.29, 1.82) is 0 Å².